The van der Waals surface area contributed by atoms with Crippen LogP contribution in [0.3, 0.4) is 0 Å². The SMILES string of the molecule is O=C1NCCC12CCN(c1c(Cl)cncc1-c1ccc(CN3CCCCC3)s1)CC2. The minimum atomic E-state index is -0.166. The summed E-state index contributed by atoms with van der Waals surface area (Å²) in [5.41, 5.74) is 2.02. The molecule has 0 radical (unpaired) electrons. The fraction of sp³-hybridized carbons (Fsp3) is 0.565. The van der Waals surface area contributed by atoms with E-state index in [9.17, 15) is 4.79 Å². The van der Waals surface area contributed by atoms with Crippen molar-refractivity contribution in [2.45, 2.75) is 45.1 Å². The number of pyridine rings is 1. The molecule has 0 bridgehead atoms. The van der Waals surface area contributed by atoms with Gasteiger partial charge < -0.3 is 10.2 Å². The fourth-order valence-electron chi connectivity index (χ4n) is 5.23. The van der Waals surface area contributed by atoms with Crippen LogP contribution in [0.5, 0.6) is 0 Å². The number of carbonyl (C=O) groups is 1. The zero-order valence-electron chi connectivity index (χ0n) is 17.3. The summed E-state index contributed by atoms with van der Waals surface area (Å²) in [6, 6.07) is 4.48. The van der Waals surface area contributed by atoms with E-state index in [4.69, 9.17) is 11.6 Å². The maximum atomic E-state index is 12.3. The minimum Gasteiger partial charge on any atom is -0.370 e. The van der Waals surface area contributed by atoms with E-state index in [1.165, 1.54) is 42.1 Å². The summed E-state index contributed by atoms with van der Waals surface area (Å²) >= 11 is 8.52. The lowest BCUT2D eigenvalue weighted by Gasteiger charge is -2.39. The van der Waals surface area contributed by atoms with E-state index in [2.05, 4.69) is 32.2 Å². The van der Waals surface area contributed by atoms with Gasteiger partial charge in [-0.15, -0.1) is 11.3 Å². The molecule has 5 rings (SSSR count). The molecule has 3 fully saturated rings. The normalized spacial score (nSPS) is 21.9. The number of amides is 1. The van der Waals surface area contributed by atoms with E-state index >= 15 is 0 Å². The summed E-state index contributed by atoms with van der Waals surface area (Å²) in [6.07, 6.45) is 10.4. The van der Waals surface area contributed by atoms with Crippen LogP contribution in [0, 0.1) is 5.41 Å². The molecular formula is C23H29ClN4OS. The maximum Gasteiger partial charge on any atom is 0.226 e. The summed E-state index contributed by atoms with van der Waals surface area (Å²) in [6.45, 7) is 5.98. The van der Waals surface area contributed by atoms with Gasteiger partial charge in [-0.2, -0.15) is 0 Å². The Morgan fingerprint density at radius 3 is 2.60 bits per heavy atom. The lowest BCUT2D eigenvalue weighted by molar-refractivity contribution is -0.128. The second kappa shape index (κ2) is 8.48. The van der Waals surface area contributed by atoms with Crippen molar-refractivity contribution in [3.05, 3.63) is 34.4 Å². The second-order valence-electron chi connectivity index (χ2n) is 8.89. The van der Waals surface area contributed by atoms with Gasteiger partial charge in [-0.05, 0) is 57.3 Å². The van der Waals surface area contributed by atoms with Crippen LogP contribution in [0.15, 0.2) is 24.5 Å². The molecule has 0 aliphatic carbocycles. The zero-order valence-corrected chi connectivity index (χ0v) is 18.9. The Hall–Kier alpha value is -1.63. The molecule has 2 aromatic rings. The standard InChI is InChI=1S/C23H29ClN4OS/c24-19-15-25-14-18(20-5-4-17(30-20)16-27-10-2-1-3-11-27)21(19)28-12-7-23(8-13-28)6-9-26-22(23)29/h4-5,14-15H,1-3,6-13,16H2,(H,26,29). The minimum absolute atomic E-state index is 0.166. The third kappa shape index (κ3) is 3.85. The van der Waals surface area contributed by atoms with Gasteiger partial charge >= 0.3 is 0 Å². The first-order chi connectivity index (χ1) is 14.6. The molecule has 3 saturated heterocycles. The second-order valence-corrected chi connectivity index (χ2v) is 10.5. The third-order valence-corrected chi connectivity index (χ3v) is 8.42. The van der Waals surface area contributed by atoms with E-state index in [1.54, 1.807) is 6.20 Å². The first kappa shape index (κ1) is 20.3. The molecule has 0 aromatic carbocycles. The lowest BCUT2D eigenvalue weighted by Crippen LogP contribution is -2.44. The highest BCUT2D eigenvalue weighted by Gasteiger charge is 2.44. The Morgan fingerprint density at radius 2 is 1.87 bits per heavy atom. The fourth-order valence-corrected chi connectivity index (χ4v) is 6.57. The smallest absolute Gasteiger partial charge is 0.226 e. The van der Waals surface area contributed by atoms with Crippen molar-refractivity contribution in [2.24, 2.45) is 5.41 Å². The van der Waals surface area contributed by atoms with Gasteiger partial charge in [-0.1, -0.05) is 18.0 Å². The van der Waals surface area contributed by atoms with Gasteiger partial charge in [-0.25, -0.2) is 0 Å². The van der Waals surface area contributed by atoms with Crippen molar-refractivity contribution in [1.29, 1.82) is 0 Å². The average Bonchev–Trinajstić information content (AvgIpc) is 3.37. The summed E-state index contributed by atoms with van der Waals surface area (Å²) in [5, 5.41) is 3.72. The van der Waals surface area contributed by atoms with Gasteiger partial charge in [0, 0.05) is 53.9 Å². The van der Waals surface area contributed by atoms with Crippen molar-refractivity contribution < 1.29 is 4.79 Å². The van der Waals surface area contributed by atoms with E-state index < -0.39 is 0 Å². The Morgan fingerprint density at radius 1 is 1.07 bits per heavy atom. The number of likely N-dealkylation sites (tertiary alicyclic amines) is 1. The molecule has 3 aliphatic rings. The average molecular weight is 445 g/mol. The predicted octanol–water partition coefficient (Wildman–Crippen LogP) is 4.56. The van der Waals surface area contributed by atoms with Crippen molar-refractivity contribution in [3.8, 4) is 10.4 Å². The van der Waals surface area contributed by atoms with E-state index in [-0.39, 0.29) is 11.3 Å². The van der Waals surface area contributed by atoms with Crippen LogP contribution < -0.4 is 10.2 Å². The Bertz CT molecular complexity index is 916. The number of nitrogens with one attached hydrogen (secondary N) is 1. The van der Waals surface area contributed by atoms with Crippen LogP contribution >= 0.6 is 22.9 Å². The van der Waals surface area contributed by atoms with Crippen LogP contribution in [0.2, 0.25) is 5.02 Å². The molecule has 1 N–H and O–H groups in total. The number of carbonyl (C=O) groups excluding carboxylic acids is 1. The monoisotopic (exact) mass is 444 g/mol. The first-order valence-electron chi connectivity index (χ1n) is 11.1. The molecule has 5 heterocycles. The molecule has 160 valence electrons. The summed E-state index contributed by atoms with van der Waals surface area (Å²) < 4.78 is 0. The lowest BCUT2D eigenvalue weighted by atomic mass is 9.77. The van der Waals surface area contributed by atoms with Gasteiger partial charge in [0.15, 0.2) is 0 Å². The van der Waals surface area contributed by atoms with Crippen molar-refractivity contribution in [2.75, 3.05) is 37.6 Å². The van der Waals surface area contributed by atoms with Crippen LogP contribution in [0.4, 0.5) is 5.69 Å². The highest BCUT2D eigenvalue weighted by molar-refractivity contribution is 7.15. The third-order valence-electron chi connectivity index (χ3n) is 7.04. The van der Waals surface area contributed by atoms with Gasteiger partial charge in [0.25, 0.3) is 0 Å². The Balaban J connectivity index is 1.36. The van der Waals surface area contributed by atoms with Gasteiger partial charge in [0.1, 0.15) is 0 Å². The number of hydrogen-bond acceptors (Lipinski definition) is 5. The molecule has 7 heteroatoms. The van der Waals surface area contributed by atoms with E-state index in [1.807, 2.05) is 17.5 Å². The summed E-state index contributed by atoms with van der Waals surface area (Å²) in [4.78, 5) is 24.3. The molecule has 1 amide bonds. The predicted molar refractivity (Wildman–Crippen MR) is 123 cm³/mol. The number of rotatable bonds is 4. The van der Waals surface area contributed by atoms with E-state index in [0.717, 1.165) is 56.7 Å². The van der Waals surface area contributed by atoms with Crippen LogP contribution in [-0.2, 0) is 11.3 Å². The first-order valence-corrected chi connectivity index (χ1v) is 12.3. The number of halogens is 1. The number of thiophene rings is 1. The molecule has 5 nitrogen and oxygen atoms in total. The molecule has 3 aliphatic heterocycles. The van der Waals surface area contributed by atoms with Gasteiger partial charge in [-0.3, -0.25) is 14.7 Å². The molecule has 2 aromatic heterocycles. The summed E-state index contributed by atoms with van der Waals surface area (Å²) in [5.74, 6) is 0.240. The zero-order chi connectivity index (χ0) is 20.6. The van der Waals surface area contributed by atoms with Crippen molar-refractivity contribution in [1.82, 2.24) is 15.2 Å². The van der Waals surface area contributed by atoms with Crippen LogP contribution in [0.1, 0.15) is 43.4 Å². The molecule has 0 atom stereocenters. The summed E-state index contributed by atoms with van der Waals surface area (Å²) in [7, 11) is 0. The Labute approximate surface area is 187 Å². The van der Waals surface area contributed by atoms with Crippen molar-refractivity contribution >= 4 is 34.5 Å². The quantitative estimate of drug-likeness (QED) is 0.751. The van der Waals surface area contributed by atoms with E-state index in [0.29, 0.717) is 5.02 Å². The van der Waals surface area contributed by atoms with Crippen molar-refractivity contribution in [3.63, 3.8) is 0 Å². The highest BCUT2D eigenvalue weighted by atomic mass is 35.5. The molecule has 0 unspecified atom stereocenters. The Kier molecular flexibility index (Phi) is 5.73. The van der Waals surface area contributed by atoms with Gasteiger partial charge in [0.05, 0.1) is 16.1 Å². The molecule has 0 saturated carbocycles. The largest absolute Gasteiger partial charge is 0.370 e. The van der Waals surface area contributed by atoms with Crippen LogP contribution in [0.25, 0.3) is 10.4 Å². The number of nitrogens with zero attached hydrogens (tertiary/aromatic N) is 3. The molecular weight excluding hydrogens is 416 g/mol. The van der Waals surface area contributed by atoms with Gasteiger partial charge in [0.2, 0.25) is 5.91 Å². The molecule has 1 spiro atoms. The van der Waals surface area contributed by atoms with Crippen LogP contribution in [-0.4, -0.2) is 48.5 Å². The highest BCUT2D eigenvalue weighted by Crippen LogP contribution is 2.44. The number of anilines is 1. The number of hydrogen-bond donors (Lipinski definition) is 1. The topological polar surface area (TPSA) is 48.5 Å². The number of aromatic nitrogens is 1. The molecule has 30 heavy (non-hydrogen) atoms. The number of piperidine rings is 2. The maximum absolute atomic E-state index is 12.3.